The van der Waals surface area contributed by atoms with Crippen molar-refractivity contribution in [2.24, 2.45) is 0 Å². The van der Waals surface area contributed by atoms with Gasteiger partial charge >= 0.3 is 12.1 Å². The summed E-state index contributed by atoms with van der Waals surface area (Å²) >= 11 is 11.7. The highest BCUT2D eigenvalue weighted by Gasteiger charge is 2.41. The summed E-state index contributed by atoms with van der Waals surface area (Å²) in [7, 11) is 0. The lowest BCUT2D eigenvalue weighted by Gasteiger charge is -2.13. The molecule has 0 atom stereocenters. The van der Waals surface area contributed by atoms with Crippen molar-refractivity contribution in [1.82, 2.24) is 14.3 Å². The van der Waals surface area contributed by atoms with Gasteiger partial charge in [-0.05, 0) is 37.3 Å². The number of pyridine rings is 1. The highest BCUT2D eigenvalue weighted by Crippen LogP contribution is 2.34. The molecule has 0 saturated heterocycles. The van der Waals surface area contributed by atoms with Crippen LogP contribution >= 0.6 is 23.2 Å². The van der Waals surface area contributed by atoms with Crippen LogP contribution in [-0.2, 0) is 10.9 Å². The van der Waals surface area contributed by atoms with Crippen molar-refractivity contribution in [3.63, 3.8) is 0 Å². The van der Waals surface area contributed by atoms with Crippen LogP contribution in [0.4, 0.5) is 13.2 Å². The average Bonchev–Trinajstić information content (AvgIpc) is 3.11. The standard InChI is InChI=1S/C18H12Cl2F3N3O3/c1-2-29-17(28)13-8-24-26(15(13)18(21,22)23)12-5-3-11(4-6-12)25-9-10(19)7-14(20)16(25)27/h3-9H,2H2,1H3. The average molecular weight is 446 g/mol. The van der Waals surface area contributed by atoms with E-state index in [0.29, 0.717) is 10.4 Å². The molecule has 0 aliphatic rings. The number of hydrogen-bond acceptors (Lipinski definition) is 4. The summed E-state index contributed by atoms with van der Waals surface area (Å²) in [6.07, 6.45) is -2.72. The molecule has 0 fully saturated rings. The lowest BCUT2D eigenvalue weighted by molar-refractivity contribution is -0.143. The number of alkyl halides is 3. The number of carbonyl (C=O) groups is 1. The number of carbonyl (C=O) groups excluding carboxylic acids is 1. The van der Waals surface area contributed by atoms with Crippen molar-refractivity contribution >= 4 is 29.2 Å². The first-order valence-corrected chi connectivity index (χ1v) is 8.90. The largest absolute Gasteiger partial charge is 0.462 e. The van der Waals surface area contributed by atoms with Crippen LogP contribution < -0.4 is 5.56 Å². The second-order valence-corrected chi connectivity index (χ2v) is 6.58. The first-order chi connectivity index (χ1) is 13.6. The third-order valence-corrected chi connectivity index (χ3v) is 4.32. The van der Waals surface area contributed by atoms with Gasteiger partial charge in [0.1, 0.15) is 10.6 Å². The van der Waals surface area contributed by atoms with Gasteiger partial charge in [-0.15, -0.1) is 0 Å². The molecule has 0 spiro atoms. The summed E-state index contributed by atoms with van der Waals surface area (Å²) in [5.74, 6) is -1.12. The zero-order valence-electron chi connectivity index (χ0n) is 14.7. The van der Waals surface area contributed by atoms with E-state index in [1.807, 2.05) is 0 Å². The maximum absolute atomic E-state index is 13.6. The maximum atomic E-state index is 13.6. The van der Waals surface area contributed by atoms with E-state index in [0.717, 1.165) is 10.8 Å². The van der Waals surface area contributed by atoms with E-state index in [4.69, 9.17) is 23.2 Å². The molecule has 1 aromatic carbocycles. The van der Waals surface area contributed by atoms with Crippen molar-refractivity contribution in [2.75, 3.05) is 6.61 Å². The molecule has 152 valence electrons. The number of hydrogen-bond donors (Lipinski definition) is 0. The Hall–Kier alpha value is -2.78. The molecule has 11 heteroatoms. The van der Waals surface area contributed by atoms with E-state index >= 15 is 0 Å². The normalized spacial score (nSPS) is 11.5. The van der Waals surface area contributed by atoms with Crippen molar-refractivity contribution in [1.29, 1.82) is 0 Å². The number of rotatable bonds is 4. The van der Waals surface area contributed by atoms with Crippen molar-refractivity contribution in [2.45, 2.75) is 13.1 Å². The van der Waals surface area contributed by atoms with E-state index in [9.17, 15) is 22.8 Å². The SMILES string of the molecule is CCOC(=O)c1cnn(-c2ccc(-n3cc(Cl)cc(Cl)c3=O)cc2)c1C(F)(F)F. The van der Waals surface area contributed by atoms with Crippen LogP contribution in [0.3, 0.4) is 0 Å². The summed E-state index contributed by atoms with van der Waals surface area (Å²) in [6.45, 7) is 1.41. The molecule has 2 heterocycles. The molecule has 0 saturated carbocycles. The number of esters is 1. The monoisotopic (exact) mass is 445 g/mol. The fraction of sp³-hybridized carbons (Fsp3) is 0.167. The van der Waals surface area contributed by atoms with Gasteiger partial charge in [-0.3, -0.25) is 9.36 Å². The molecular formula is C18H12Cl2F3N3O3. The summed E-state index contributed by atoms with van der Waals surface area (Å²) < 4.78 is 47.1. The molecule has 0 bridgehead atoms. The zero-order valence-corrected chi connectivity index (χ0v) is 16.2. The highest BCUT2D eigenvalue weighted by atomic mass is 35.5. The van der Waals surface area contributed by atoms with Crippen LogP contribution in [0.5, 0.6) is 0 Å². The molecule has 2 aromatic heterocycles. The summed E-state index contributed by atoms with van der Waals surface area (Å²) in [4.78, 5) is 24.0. The van der Waals surface area contributed by atoms with Gasteiger partial charge in [-0.25, -0.2) is 9.48 Å². The molecule has 0 N–H and O–H groups in total. The molecule has 3 aromatic rings. The molecule has 29 heavy (non-hydrogen) atoms. The molecule has 0 unspecified atom stereocenters. The van der Waals surface area contributed by atoms with Crippen LogP contribution in [0.2, 0.25) is 10.0 Å². The number of aromatic nitrogens is 3. The van der Waals surface area contributed by atoms with Crippen LogP contribution in [0, 0.1) is 0 Å². The topological polar surface area (TPSA) is 66.1 Å². The summed E-state index contributed by atoms with van der Waals surface area (Å²) in [5.41, 5.74) is -2.14. The van der Waals surface area contributed by atoms with Crippen LogP contribution in [0.15, 0.2) is 47.5 Å². The molecule has 3 rings (SSSR count). The Kier molecular flexibility index (Phi) is 5.72. The minimum atomic E-state index is -4.85. The van der Waals surface area contributed by atoms with Crippen molar-refractivity contribution in [3.05, 3.63) is 74.4 Å². The van der Waals surface area contributed by atoms with Gasteiger partial charge < -0.3 is 4.74 Å². The Bertz CT molecular complexity index is 1120. The first-order valence-electron chi connectivity index (χ1n) is 8.14. The van der Waals surface area contributed by atoms with Crippen molar-refractivity contribution in [3.8, 4) is 11.4 Å². The van der Waals surface area contributed by atoms with Gasteiger partial charge in [0.15, 0.2) is 5.69 Å². The van der Waals surface area contributed by atoms with Gasteiger partial charge in [-0.1, -0.05) is 23.2 Å². The number of halogens is 5. The molecule has 0 amide bonds. The van der Waals surface area contributed by atoms with E-state index in [1.54, 1.807) is 0 Å². The first kappa shape index (κ1) is 20.9. The minimum Gasteiger partial charge on any atom is -0.462 e. The lowest BCUT2D eigenvalue weighted by Crippen LogP contribution is -2.19. The van der Waals surface area contributed by atoms with Crippen molar-refractivity contribution < 1.29 is 22.7 Å². The van der Waals surface area contributed by atoms with Crippen LogP contribution in [0.25, 0.3) is 11.4 Å². The number of nitrogens with zero attached hydrogens (tertiary/aromatic N) is 3. The molecule has 0 radical (unpaired) electrons. The quantitative estimate of drug-likeness (QED) is 0.553. The smallest absolute Gasteiger partial charge is 0.434 e. The summed E-state index contributed by atoms with van der Waals surface area (Å²) in [5, 5.41) is 3.80. The lowest BCUT2D eigenvalue weighted by atomic mass is 10.2. The van der Waals surface area contributed by atoms with E-state index in [2.05, 4.69) is 9.84 Å². The van der Waals surface area contributed by atoms with E-state index < -0.39 is 29.0 Å². The van der Waals surface area contributed by atoms with Crippen LogP contribution in [0.1, 0.15) is 23.0 Å². The third-order valence-electron chi connectivity index (χ3n) is 3.85. The fourth-order valence-electron chi connectivity index (χ4n) is 2.64. The van der Waals surface area contributed by atoms with E-state index in [1.165, 1.54) is 43.5 Å². The molecule has 0 aliphatic carbocycles. The molecule has 0 aliphatic heterocycles. The Morgan fingerprint density at radius 1 is 1.17 bits per heavy atom. The zero-order chi connectivity index (χ0) is 21.3. The van der Waals surface area contributed by atoms with E-state index in [-0.39, 0.29) is 22.3 Å². The molecule has 6 nitrogen and oxygen atoms in total. The fourth-order valence-corrected chi connectivity index (χ4v) is 3.11. The second-order valence-electron chi connectivity index (χ2n) is 5.73. The van der Waals surface area contributed by atoms with Gasteiger partial charge in [0, 0.05) is 11.9 Å². The highest BCUT2D eigenvalue weighted by molar-refractivity contribution is 6.34. The second kappa shape index (κ2) is 7.92. The van der Waals surface area contributed by atoms with Crippen LogP contribution in [-0.4, -0.2) is 26.9 Å². The number of ether oxygens (including phenoxy) is 1. The predicted molar refractivity (Wildman–Crippen MR) is 100 cm³/mol. The minimum absolute atomic E-state index is 0.0257. The molecular weight excluding hydrogens is 434 g/mol. The third kappa shape index (κ3) is 4.15. The Morgan fingerprint density at radius 3 is 2.38 bits per heavy atom. The predicted octanol–water partition coefficient (Wildman–Crippen LogP) is 4.53. The van der Waals surface area contributed by atoms with Gasteiger partial charge in [0.05, 0.1) is 23.5 Å². The Balaban J connectivity index is 2.08. The van der Waals surface area contributed by atoms with Gasteiger partial charge in [0.25, 0.3) is 5.56 Å². The van der Waals surface area contributed by atoms with Gasteiger partial charge in [-0.2, -0.15) is 18.3 Å². The Labute approximate surface area is 172 Å². The summed E-state index contributed by atoms with van der Waals surface area (Å²) in [6, 6.07) is 6.71. The van der Waals surface area contributed by atoms with Gasteiger partial charge in [0.2, 0.25) is 0 Å². The maximum Gasteiger partial charge on any atom is 0.434 e. The Morgan fingerprint density at radius 2 is 1.79 bits per heavy atom. The number of benzene rings is 1.